The van der Waals surface area contributed by atoms with E-state index in [1.807, 2.05) is 17.0 Å². The van der Waals surface area contributed by atoms with Gasteiger partial charge in [-0.15, -0.1) is 0 Å². The largest absolute Gasteiger partial charge is 0.337 e. The number of aromatic nitrogens is 2. The number of nitrogens with zero attached hydrogens (tertiary/aromatic N) is 4. The Balaban J connectivity index is 1.44. The second kappa shape index (κ2) is 10.3. The van der Waals surface area contributed by atoms with Crippen LogP contribution in [-0.4, -0.2) is 38.6 Å². The normalized spacial score (nSPS) is 16.4. The van der Waals surface area contributed by atoms with Crippen molar-refractivity contribution in [2.75, 3.05) is 13.1 Å². The van der Waals surface area contributed by atoms with E-state index in [0.29, 0.717) is 13.1 Å². The van der Waals surface area contributed by atoms with Crippen LogP contribution in [0.5, 0.6) is 0 Å². The minimum Gasteiger partial charge on any atom is -0.337 e. The number of benzene rings is 2. The number of carbonyl (C=O) groups is 1. The van der Waals surface area contributed by atoms with Crippen LogP contribution in [0, 0.1) is 18.7 Å². The SMILES string of the molecule is CCN(Cc1nn(-c2ccc(C)cc2)c2c1CN(Cc1ccc(F)cc1)CC2)C(=O)C1CCCC1. The molecule has 5 rings (SSSR count). The summed E-state index contributed by atoms with van der Waals surface area (Å²) in [5.41, 5.74) is 6.86. The van der Waals surface area contributed by atoms with Gasteiger partial charge in [-0.05, 0) is 56.5 Å². The lowest BCUT2D eigenvalue weighted by atomic mass is 10.0. The van der Waals surface area contributed by atoms with E-state index >= 15 is 0 Å². The van der Waals surface area contributed by atoms with Gasteiger partial charge in [0, 0.05) is 44.1 Å². The topological polar surface area (TPSA) is 41.4 Å². The second-order valence-corrected chi connectivity index (χ2v) is 10.0. The summed E-state index contributed by atoms with van der Waals surface area (Å²) in [5, 5.41) is 5.09. The molecule has 184 valence electrons. The van der Waals surface area contributed by atoms with E-state index in [9.17, 15) is 9.18 Å². The quantitative estimate of drug-likeness (QED) is 0.459. The van der Waals surface area contributed by atoms with Gasteiger partial charge in [-0.3, -0.25) is 9.69 Å². The zero-order chi connectivity index (χ0) is 24.4. The van der Waals surface area contributed by atoms with E-state index in [4.69, 9.17) is 5.10 Å². The predicted molar refractivity (Wildman–Crippen MR) is 136 cm³/mol. The first-order valence-electron chi connectivity index (χ1n) is 12.9. The zero-order valence-corrected chi connectivity index (χ0v) is 20.8. The molecule has 0 radical (unpaired) electrons. The highest BCUT2D eigenvalue weighted by Crippen LogP contribution is 2.30. The van der Waals surface area contributed by atoms with Crippen LogP contribution in [0.1, 0.15) is 60.7 Å². The molecule has 35 heavy (non-hydrogen) atoms. The molecule has 6 heteroatoms. The molecule has 1 fully saturated rings. The lowest BCUT2D eigenvalue weighted by Gasteiger charge is -2.29. The molecule has 1 aliphatic carbocycles. The molecule has 2 aromatic carbocycles. The number of amides is 1. The van der Waals surface area contributed by atoms with Crippen LogP contribution in [0.3, 0.4) is 0 Å². The Morgan fingerprint density at radius 3 is 2.49 bits per heavy atom. The van der Waals surface area contributed by atoms with Crippen molar-refractivity contribution >= 4 is 5.91 Å². The molecule has 0 saturated heterocycles. The fourth-order valence-electron chi connectivity index (χ4n) is 5.51. The number of aryl methyl sites for hydroxylation is 1. The first-order chi connectivity index (χ1) is 17.0. The maximum atomic E-state index is 13.4. The van der Waals surface area contributed by atoms with Gasteiger partial charge in [-0.25, -0.2) is 9.07 Å². The minimum absolute atomic E-state index is 0.167. The molecule has 0 spiro atoms. The smallest absolute Gasteiger partial charge is 0.226 e. The molecular weight excluding hydrogens is 439 g/mol. The van der Waals surface area contributed by atoms with Gasteiger partial charge < -0.3 is 4.90 Å². The summed E-state index contributed by atoms with van der Waals surface area (Å²) in [6, 6.07) is 15.3. The Bertz CT molecular complexity index is 1160. The number of fused-ring (bicyclic) bond motifs is 1. The lowest BCUT2D eigenvalue weighted by molar-refractivity contribution is -0.135. The number of hydrogen-bond donors (Lipinski definition) is 0. The van der Waals surface area contributed by atoms with Crippen molar-refractivity contribution in [3.05, 3.63) is 82.4 Å². The molecule has 5 nitrogen and oxygen atoms in total. The summed E-state index contributed by atoms with van der Waals surface area (Å²) in [7, 11) is 0. The van der Waals surface area contributed by atoms with Crippen molar-refractivity contribution in [3.63, 3.8) is 0 Å². The van der Waals surface area contributed by atoms with Crippen molar-refractivity contribution in [1.82, 2.24) is 19.6 Å². The monoisotopic (exact) mass is 474 g/mol. The Hall–Kier alpha value is -2.99. The van der Waals surface area contributed by atoms with Crippen molar-refractivity contribution in [2.24, 2.45) is 5.92 Å². The van der Waals surface area contributed by atoms with Gasteiger partial charge in [0.15, 0.2) is 0 Å². The van der Waals surface area contributed by atoms with Crippen LogP contribution in [0.4, 0.5) is 4.39 Å². The molecule has 0 unspecified atom stereocenters. The van der Waals surface area contributed by atoms with E-state index in [1.54, 1.807) is 0 Å². The van der Waals surface area contributed by atoms with Crippen LogP contribution >= 0.6 is 0 Å². The third kappa shape index (κ3) is 5.18. The minimum atomic E-state index is -0.206. The van der Waals surface area contributed by atoms with E-state index in [-0.39, 0.29) is 17.6 Å². The molecule has 1 aliphatic heterocycles. The maximum Gasteiger partial charge on any atom is 0.226 e. The van der Waals surface area contributed by atoms with Gasteiger partial charge in [0.1, 0.15) is 5.82 Å². The summed E-state index contributed by atoms with van der Waals surface area (Å²) >= 11 is 0. The average Bonchev–Trinajstić information content (AvgIpc) is 3.53. The lowest BCUT2D eigenvalue weighted by Crippen LogP contribution is -2.36. The van der Waals surface area contributed by atoms with Gasteiger partial charge in [-0.1, -0.05) is 42.7 Å². The van der Waals surface area contributed by atoms with Gasteiger partial charge in [-0.2, -0.15) is 5.10 Å². The number of carbonyl (C=O) groups excluding carboxylic acids is 1. The van der Waals surface area contributed by atoms with Gasteiger partial charge in [0.25, 0.3) is 0 Å². The highest BCUT2D eigenvalue weighted by atomic mass is 19.1. The van der Waals surface area contributed by atoms with Crippen LogP contribution in [0.2, 0.25) is 0 Å². The molecule has 1 aromatic heterocycles. The third-order valence-corrected chi connectivity index (χ3v) is 7.56. The molecule has 3 aromatic rings. The van der Waals surface area contributed by atoms with Crippen molar-refractivity contribution in [3.8, 4) is 5.69 Å². The molecule has 2 heterocycles. The van der Waals surface area contributed by atoms with Gasteiger partial charge in [0.2, 0.25) is 5.91 Å². The number of rotatable bonds is 7. The molecule has 1 saturated carbocycles. The van der Waals surface area contributed by atoms with Crippen LogP contribution in [0.15, 0.2) is 48.5 Å². The summed E-state index contributed by atoms with van der Waals surface area (Å²) < 4.78 is 15.5. The van der Waals surface area contributed by atoms with Crippen molar-refractivity contribution in [2.45, 2.75) is 65.6 Å². The highest BCUT2D eigenvalue weighted by molar-refractivity contribution is 5.79. The summed E-state index contributed by atoms with van der Waals surface area (Å²) in [4.78, 5) is 17.6. The maximum absolute atomic E-state index is 13.4. The summed E-state index contributed by atoms with van der Waals surface area (Å²) in [6.45, 7) is 7.88. The molecule has 2 aliphatic rings. The summed E-state index contributed by atoms with van der Waals surface area (Å²) in [5.74, 6) is 0.241. The van der Waals surface area contributed by atoms with Crippen LogP contribution < -0.4 is 0 Å². The van der Waals surface area contributed by atoms with Gasteiger partial charge in [0.05, 0.1) is 23.6 Å². The Labute approximate surface area is 207 Å². The van der Waals surface area contributed by atoms with Crippen LogP contribution in [-0.2, 0) is 30.8 Å². The number of hydrogen-bond acceptors (Lipinski definition) is 3. The second-order valence-electron chi connectivity index (χ2n) is 10.0. The van der Waals surface area contributed by atoms with E-state index in [0.717, 1.165) is 68.7 Å². The fourth-order valence-corrected chi connectivity index (χ4v) is 5.51. The predicted octanol–water partition coefficient (Wildman–Crippen LogP) is 5.42. The molecule has 1 amide bonds. The molecule has 0 bridgehead atoms. The molecular formula is C29H35FN4O. The average molecular weight is 475 g/mol. The van der Waals surface area contributed by atoms with E-state index < -0.39 is 0 Å². The molecule has 0 atom stereocenters. The Kier molecular flexibility index (Phi) is 7.00. The van der Waals surface area contributed by atoms with Crippen molar-refractivity contribution < 1.29 is 9.18 Å². The Morgan fingerprint density at radius 1 is 1.09 bits per heavy atom. The highest BCUT2D eigenvalue weighted by Gasteiger charge is 2.30. The summed E-state index contributed by atoms with van der Waals surface area (Å²) in [6.07, 6.45) is 5.22. The van der Waals surface area contributed by atoms with Crippen LogP contribution in [0.25, 0.3) is 5.69 Å². The first kappa shape index (κ1) is 23.7. The molecule has 0 N–H and O–H groups in total. The standard InChI is InChI=1S/C29H35FN4O/c1-3-33(29(35)23-6-4-5-7-23)20-27-26-19-32(18-22-10-12-24(30)13-11-22)17-16-28(26)34(31-27)25-14-8-21(2)9-15-25/h8-15,23H,3-7,16-20H2,1-2H3. The van der Waals surface area contributed by atoms with E-state index in [2.05, 4.69) is 47.7 Å². The van der Waals surface area contributed by atoms with Gasteiger partial charge >= 0.3 is 0 Å². The van der Waals surface area contributed by atoms with Crippen molar-refractivity contribution in [1.29, 1.82) is 0 Å². The van der Waals surface area contributed by atoms with E-state index in [1.165, 1.54) is 29.0 Å². The zero-order valence-electron chi connectivity index (χ0n) is 20.8. The first-order valence-corrected chi connectivity index (χ1v) is 12.9. The fraction of sp³-hybridized carbons (Fsp3) is 0.448. The third-order valence-electron chi connectivity index (χ3n) is 7.56. The Morgan fingerprint density at radius 2 is 1.80 bits per heavy atom. The number of halogens is 1.